The fourth-order valence-corrected chi connectivity index (χ4v) is 2.98. The molecule has 2 rings (SSSR count). The summed E-state index contributed by atoms with van der Waals surface area (Å²) in [6.07, 6.45) is 0.169. The number of hydrogen-bond donors (Lipinski definition) is 0. The second-order valence-electron chi connectivity index (χ2n) is 4.85. The molecular formula is C11H19N5O2S. The highest BCUT2D eigenvalue weighted by atomic mass is 32.2. The maximum Gasteiger partial charge on any atom is 0.236 e. The van der Waals surface area contributed by atoms with Crippen LogP contribution in [0.1, 0.15) is 20.8 Å². The van der Waals surface area contributed by atoms with Crippen LogP contribution in [0.15, 0.2) is 5.16 Å². The van der Waals surface area contributed by atoms with Crippen LogP contribution < -0.4 is 0 Å². The Kier molecular flexibility index (Phi) is 4.41. The van der Waals surface area contributed by atoms with E-state index in [0.29, 0.717) is 18.2 Å². The van der Waals surface area contributed by atoms with Crippen LogP contribution in [0.2, 0.25) is 0 Å². The lowest BCUT2D eigenvalue weighted by atomic mass is 10.2. The van der Waals surface area contributed by atoms with Gasteiger partial charge in [0.15, 0.2) is 0 Å². The molecule has 106 valence electrons. The van der Waals surface area contributed by atoms with Gasteiger partial charge in [-0.05, 0) is 31.2 Å². The molecular weight excluding hydrogens is 266 g/mol. The second-order valence-corrected chi connectivity index (χ2v) is 6.15. The lowest BCUT2D eigenvalue weighted by Gasteiger charge is -2.36. The summed E-state index contributed by atoms with van der Waals surface area (Å²) < 4.78 is 7.20. The Hall–Kier alpha value is -1.15. The number of carbonyl (C=O) groups excluding carboxylic acids is 1. The predicted octanol–water partition coefficient (Wildman–Crippen LogP) is 0.326. The maximum atomic E-state index is 12.4. The van der Waals surface area contributed by atoms with Crippen molar-refractivity contribution in [1.29, 1.82) is 0 Å². The van der Waals surface area contributed by atoms with Gasteiger partial charge in [-0.25, -0.2) is 4.68 Å². The van der Waals surface area contributed by atoms with Crippen molar-refractivity contribution in [3.63, 3.8) is 0 Å². The van der Waals surface area contributed by atoms with Crippen LogP contribution in [0.25, 0.3) is 0 Å². The normalized spacial score (nSPS) is 25.4. The maximum absolute atomic E-state index is 12.4. The van der Waals surface area contributed by atoms with Crippen LogP contribution in [-0.4, -0.2) is 61.6 Å². The van der Waals surface area contributed by atoms with Gasteiger partial charge in [-0.2, -0.15) is 0 Å². The number of tetrazole rings is 1. The van der Waals surface area contributed by atoms with Gasteiger partial charge in [0.05, 0.1) is 17.5 Å². The third kappa shape index (κ3) is 3.44. The van der Waals surface area contributed by atoms with E-state index >= 15 is 0 Å². The Labute approximate surface area is 116 Å². The number of amides is 1. The van der Waals surface area contributed by atoms with E-state index < -0.39 is 0 Å². The molecule has 1 aliphatic heterocycles. The van der Waals surface area contributed by atoms with E-state index in [-0.39, 0.29) is 23.4 Å². The van der Waals surface area contributed by atoms with Crippen molar-refractivity contribution in [3.8, 4) is 0 Å². The van der Waals surface area contributed by atoms with Gasteiger partial charge < -0.3 is 9.64 Å². The minimum absolute atomic E-state index is 0.0846. The zero-order valence-electron chi connectivity index (χ0n) is 11.6. The molecule has 0 N–H and O–H groups in total. The number of aromatic nitrogens is 4. The van der Waals surface area contributed by atoms with Crippen LogP contribution >= 0.6 is 11.8 Å². The molecule has 0 spiro atoms. The summed E-state index contributed by atoms with van der Waals surface area (Å²) in [5, 5.41) is 11.6. The van der Waals surface area contributed by atoms with Gasteiger partial charge in [0.2, 0.25) is 11.1 Å². The Morgan fingerprint density at radius 2 is 2.05 bits per heavy atom. The zero-order chi connectivity index (χ0) is 14.0. The van der Waals surface area contributed by atoms with Crippen molar-refractivity contribution in [2.45, 2.75) is 43.4 Å². The van der Waals surface area contributed by atoms with E-state index in [1.807, 2.05) is 25.7 Å². The molecule has 19 heavy (non-hydrogen) atoms. The van der Waals surface area contributed by atoms with Crippen molar-refractivity contribution in [2.24, 2.45) is 7.05 Å². The van der Waals surface area contributed by atoms with Crippen LogP contribution in [0, 0.1) is 0 Å². The van der Waals surface area contributed by atoms with Crippen LogP contribution in [0.5, 0.6) is 0 Å². The van der Waals surface area contributed by atoms with Crippen LogP contribution in [-0.2, 0) is 16.6 Å². The van der Waals surface area contributed by atoms with Crippen LogP contribution in [0.3, 0.4) is 0 Å². The first kappa shape index (κ1) is 14.3. The SMILES string of the molecule is C[C@@H]1CN(C(=O)[C@H](C)Sc2nnnn2C)C[C@@H](C)O1. The quantitative estimate of drug-likeness (QED) is 0.745. The first-order valence-corrected chi connectivity index (χ1v) is 7.18. The molecule has 0 unspecified atom stereocenters. The summed E-state index contributed by atoms with van der Waals surface area (Å²) in [4.78, 5) is 14.3. The van der Waals surface area contributed by atoms with Gasteiger partial charge in [-0.1, -0.05) is 11.8 Å². The predicted molar refractivity (Wildman–Crippen MR) is 70.7 cm³/mol. The molecule has 0 saturated carbocycles. The summed E-state index contributed by atoms with van der Waals surface area (Å²) in [6.45, 7) is 7.14. The molecule has 1 aromatic rings. The number of rotatable bonds is 3. The summed E-state index contributed by atoms with van der Waals surface area (Å²) in [7, 11) is 1.76. The van der Waals surface area contributed by atoms with Gasteiger partial charge in [-0.3, -0.25) is 4.79 Å². The average Bonchev–Trinajstić information content (AvgIpc) is 2.72. The first-order chi connectivity index (χ1) is 8.97. The monoisotopic (exact) mass is 285 g/mol. The van der Waals surface area contributed by atoms with E-state index in [2.05, 4.69) is 15.5 Å². The molecule has 0 radical (unpaired) electrons. The van der Waals surface area contributed by atoms with Gasteiger partial charge >= 0.3 is 0 Å². The molecule has 8 heteroatoms. The van der Waals surface area contributed by atoms with E-state index in [0.717, 1.165) is 0 Å². The van der Waals surface area contributed by atoms with Gasteiger partial charge in [-0.15, -0.1) is 5.10 Å². The van der Waals surface area contributed by atoms with E-state index in [1.54, 1.807) is 11.7 Å². The highest BCUT2D eigenvalue weighted by molar-refractivity contribution is 8.00. The average molecular weight is 285 g/mol. The Balaban J connectivity index is 1.97. The van der Waals surface area contributed by atoms with Crippen molar-refractivity contribution < 1.29 is 9.53 Å². The molecule has 1 aromatic heterocycles. The fourth-order valence-electron chi connectivity index (χ4n) is 2.14. The molecule has 1 saturated heterocycles. The number of carbonyl (C=O) groups is 1. The number of thioether (sulfide) groups is 1. The molecule has 2 heterocycles. The summed E-state index contributed by atoms with van der Waals surface area (Å²) in [5.41, 5.74) is 0. The largest absolute Gasteiger partial charge is 0.372 e. The topological polar surface area (TPSA) is 73.1 Å². The molecule has 0 aromatic carbocycles. The molecule has 1 fully saturated rings. The Bertz CT molecular complexity index is 442. The number of morpholine rings is 1. The molecule has 0 bridgehead atoms. The van der Waals surface area contributed by atoms with Crippen molar-refractivity contribution >= 4 is 17.7 Å². The number of hydrogen-bond acceptors (Lipinski definition) is 6. The first-order valence-electron chi connectivity index (χ1n) is 6.30. The van der Waals surface area contributed by atoms with E-state index in [1.165, 1.54) is 11.8 Å². The highest BCUT2D eigenvalue weighted by Gasteiger charge is 2.29. The Morgan fingerprint density at radius 1 is 1.42 bits per heavy atom. The third-order valence-corrected chi connectivity index (χ3v) is 4.05. The van der Waals surface area contributed by atoms with Crippen LogP contribution in [0.4, 0.5) is 0 Å². The molecule has 3 atom stereocenters. The van der Waals surface area contributed by atoms with Gasteiger partial charge in [0.25, 0.3) is 0 Å². The Morgan fingerprint density at radius 3 is 2.58 bits per heavy atom. The minimum Gasteiger partial charge on any atom is -0.372 e. The lowest BCUT2D eigenvalue weighted by molar-refractivity contribution is -0.142. The number of ether oxygens (including phenoxy) is 1. The van der Waals surface area contributed by atoms with E-state index in [4.69, 9.17) is 4.74 Å². The zero-order valence-corrected chi connectivity index (χ0v) is 12.4. The van der Waals surface area contributed by atoms with Crippen molar-refractivity contribution in [2.75, 3.05) is 13.1 Å². The minimum atomic E-state index is -0.206. The van der Waals surface area contributed by atoms with Crippen molar-refractivity contribution in [1.82, 2.24) is 25.1 Å². The van der Waals surface area contributed by atoms with Gasteiger partial charge in [0.1, 0.15) is 0 Å². The van der Waals surface area contributed by atoms with Crippen molar-refractivity contribution in [3.05, 3.63) is 0 Å². The van der Waals surface area contributed by atoms with E-state index in [9.17, 15) is 4.79 Å². The summed E-state index contributed by atoms with van der Waals surface area (Å²) >= 11 is 1.38. The standard InChI is InChI=1S/C11H19N5O2S/c1-7-5-16(6-8(2)18-7)10(17)9(3)19-11-12-13-14-15(11)4/h7-9H,5-6H2,1-4H3/t7-,8-,9+/m1/s1. The summed E-state index contributed by atoms with van der Waals surface area (Å²) in [6, 6.07) is 0. The smallest absolute Gasteiger partial charge is 0.236 e. The number of aryl methyl sites for hydroxylation is 1. The molecule has 7 nitrogen and oxygen atoms in total. The second kappa shape index (κ2) is 5.87. The molecule has 0 aliphatic carbocycles. The van der Waals surface area contributed by atoms with Gasteiger partial charge in [0, 0.05) is 20.1 Å². The number of nitrogens with zero attached hydrogens (tertiary/aromatic N) is 5. The lowest BCUT2D eigenvalue weighted by Crippen LogP contribution is -2.50. The highest BCUT2D eigenvalue weighted by Crippen LogP contribution is 2.22. The third-order valence-electron chi connectivity index (χ3n) is 2.94. The molecule has 1 aliphatic rings. The summed E-state index contributed by atoms with van der Waals surface area (Å²) in [5.74, 6) is 0.106. The fraction of sp³-hybridized carbons (Fsp3) is 0.818. The molecule has 1 amide bonds.